The summed E-state index contributed by atoms with van der Waals surface area (Å²) in [7, 11) is 0. The van der Waals surface area contributed by atoms with Gasteiger partial charge in [0.1, 0.15) is 5.01 Å². The molecule has 1 N–H and O–H groups in total. The van der Waals surface area contributed by atoms with E-state index in [0.717, 1.165) is 30.3 Å². The Kier molecular flexibility index (Phi) is 5.83. The predicted molar refractivity (Wildman–Crippen MR) is 84.1 cm³/mol. The van der Waals surface area contributed by atoms with Gasteiger partial charge in [-0.15, -0.1) is 11.3 Å². The SMILES string of the molecule is CCN(CC)Cc1csc(CNC(=O)c2cccnc2)n1. The normalized spacial score (nSPS) is 10.8. The van der Waals surface area contributed by atoms with E-state index in [4.69, 9.17) is 0 Å². The third-order valence-corrected chi connectivity index (χ3v) is 4.10. The summed E-state index contributed by atoms with van der Waals surface area (Å²) in [6.45, 7) is 7.63. The number of carbonyl (C=O) groups excluding carboxylic acids is 1. The van der Waals surface area contributed by atoms with Gasteiger partial charge in [-0.25, -0.2) is 4.98 Å². The molecule has 1 amide bonds. The fourth-order valence-electron chi connectivity index (χ4n) is 1.93. The predicted octanol–water partition coefficient (Wildman–Crippen LogP) is 2.31. The highest BCUT2D eigenvalue weighted by atomic mass is 32.1. The Morgan fingerprint density at radius 1 is 1.38 bits per heavy atom. The molecule has 112 valence electrons. The Labute approximate surface area is 129 Å². The van der Waals surface area contributed by atoms with Crippen LogP contribution in [0.3, 0.4) is 0 Å². The molecule has 0 spiro atoms. The van der Waals surface area contributed by atoms with Crippen molar-refractivity contribution in [2.75, 3.05) is 13.1 Å². The van der Waals surface area contributed by atoms with Crippen LogP contribution < -0.4 is 5.32 Å². The van der Waals surface area contributed by atoms with Crippen LogP contribution >= 0.6 is 11.3 Å². The molecule has 6 heteroatoms. The molecular weight excluding hydrogens is 284 g/mol. The van der Waals surface area contributed by atoms with E-state index in [1.165, 1.54) is 0 Å². The minimum Gasteiger partial charge on any atom is -0.345 e. The molecular formula is C15H20N4OS. The van der Waals surface area contributed by atoms with Crippen LogP contribution in [0.15, 0.2) is 29.9 Å². The van der Waals surface area contributed by atoms with Crippen LogP contribution in [0.4, 0.5) is 0 Å². The van der Waals surface area contributed by atoms with Gasteiger partial charge in [0.2, 0.25) is 0 Å². The first kappa shape index (κ1) is 15.6. The molecule has 2 aromatic heterocycles. The third kappa shape index (κ3) is 4.61. The van der Waals surface area contributed by atoms with Crippen molar-refractivity contribution in [1.82, 2.24) is 20.2 Å². The average molecular weight is 304 g/mol. The highest BCUT2D eigenvalue weighted by molar-refractivity contribution is 7.09. The topological polar surface area (TPSA) is 58.1 Å². The Morgan fingerprint density at radius 3 is 2.86 bits per heavy atom. The number of hydrogen-bond donors (Lipinski definition) is 1. The second-order valence-corrected chi connectivity index (χ2v) is 5.56. The zero-order valence-electron chi connectivity index (χ0n) is 12.4. The lowest BCUT2D eigenvalue weighted by atomic mass is 10.3. The maximum absolute atomic E-state index is 11.9. The minimum atomic E-state index is -0.122. The Bertz CT molecular complexity index is 566. The molecule has 0 aliphatic rings. The van der Waals surface area contributed by atoms with Gasteiger partial charge in [-0.05, 0) is 25.2 Å². The molecule has 0 aliphatic heterocycles. The minimum absolute atomic E-state index is 0.122. The van der Waals surface area contributed by atoms with Crippen LogP contribution in [0, 0.1) is 0 Å². The first-order valence-corrected chi connectivity index (χ1v) is 7.94. The van der Waals surface area contributed by atoms with Gasteiger partial charge in [-0.3, -0.25) is 14.7 Å². The van der Waals surface area contributed by atoms with E-state index in [9.17, 15) is 4.79 Å². The molecule has 0 fully saturated rings. The largest absolute Gasteiger partial charge is 0.345 e. The number of carbonyl (C=O) groups is 1. The lowest BCUT2D eigenvalue weighted by molar-refractivity contribution is 0.0950. The molecule has 0 atom stereocenters. The zero-order chi connectivity index (χ0) is 15.1. The van der Waals surface area contributed by atoms with Crippen LogP contribution in [-0.2, 0) is 13.1 Å². The Hall–Kier alpha value is -1.79. The van der Waals surface area contributed by atoms with Gasteiger partial charge in [0.05, 0.1) is 17.8 Å². The summed E-state index contributed by atoms with van der Waals surface area (Å²) in [4.78, 5) is 22.7. The molecule has 0 saturated carbocycles. The molecule has 0 bridgehead atoms. The van der Waals surface area contributed by atoms with E-state index in [2.05, 4.69) is 39.4 Å². The summed E-state index contributed by atoms with van der Waals surface area (Å²) in [5.41, 5.74) is 1.63. The molecule has 5 nitrogen and oxygen atoms in total. The second kappa shape index (κ2) is 7.85. The van der Waals surface area contributed by atoms with E-state index in [1.54, 1.807) is 35.9 Å². The van der Waals surface area contributed by atoms with Crippen LogP contribution in [-0.4, -0.2) is 33.9 Å². The number of nitrogens with one attached hydrogen (secondary N) is 1. The number of nitrogens with zero attached hydrogens (tertiary/aromatic N) is 3. The lowest BCUT2D eigenvalue weighted by Gasteiger charge is -2.15. The van der Waals surface area contributed by atoms with E-state index in [0.29, 0.717) is 12.1 Å². The number of amides is 1. The number of pyridine rings is 1. The molecule has 0 aromatic carbocycles. The number of hydrogen-bond acceptors (Lipinski definition) is 5. The maximum Gasteiger partial charge on any atom is 0.253 e. The molecule has 2 rings (SSSR count). The van der Waals surface area contributed by atoms with Gasteiger partial charge in [-0.2, -0.15) is 0 Å². The van der Waals surface area contributed by atoms with Crippen molar-refractivity contribution < 1.29 is 4.79 Å². The van der Waals surface area contributed by atoms with Gasteiger partial charge in [0, 0.05) is 24.3 Å². The van der Waals surface area contributed by atoms with E-state index < -0.39 is 0 Å². The standard InChI is InChI=1S/C15H20N4OS/c1-3-19(4-2)10-13-11-21-14(18-13)9-17-15(20)12-6-5-7-16-8-12/h5-8,11H,3-4,9-10H2,1-2H3,(H,17,20). The number of aromatic nitrogens is 2. The highest BCUT2D eigenvalue weighted by Crippen LogP contribution is 2.12. The second-order valence-electron chi connectivity index (χ2n) is 4.62. The molecule has 2 aromatic rings. The van der Waals surface area contributed by atoms with Crippen molar-refractivity contribution in [2.45, 2.75) is 26.9 Å². The summed E-state index contributed by atoms with van der Waals surface area (Å²) in [6, 6.07) is 3.50. The summed E-state index contributed by atoms with van der Waals surface area (Å²) in [5, 5.41) is 5.85. The van der Waals surface area contributed by atoms with E-state index in [-0.39, 0.29) is 5.91 Å². The molecule has 21 heavy (non-hydrogen) atoms. The quantitative estimate of drug-likeness (QED) is 0.853. The fourth-order valence-corrected chi connectivity index (χ4v) is 2.66. The van der Waals surface area contributed by atoms with Crippen molar-refractivity contribution >= 4 is 17.2 Å². The molecule has 2 heterocycles. The van der Waals surface area contributed by atoms with Crippen LogP contribution in [0.2, 0.25) is 0 Å². The summed E-state index contributed by atoms with van der Waals surface area (Å²) in [5.74, 6) is -0.122. The van der Waals surface area contributed by atoms with Crippen LogP contribution in [0.25, 0.3) is 0 Å². The molecule has 0 radical (unpaired) electrons. The van der Waals surface area contributed by atoms with Crippen molar-refractivity contribution in [3.05, 3.63) is 46.2 Å². The molecule has 0 saturated heterocycles. The summed E-state index contributed by atoms with van der Waals surface area (Å²) < 4.78 is 0. The van der Waals surface area contributed by atoms with Crippen molar-refractivity contribution in [2.24, 2.45) is 0 Å². The van der Waals surface area contributed by atoms with Gasteiger partial charge < -0.3 is 5.32 Å². The highest BCUT2D eigenvalue weighted by Gasteiger charge is 2.08. The third-order valence-electron chi connectivity index (χ3n) is 3.20. The number of rotatable bonds is 7. The lowest BCUT2D eigenvalue weighted by Crippen LogP contribution is -2.23. The van der Waals surface area contributed by atoms with Gasteiger partial charge in [-0.1, -0.05) is 13.8 Å². The van der Waals surface area contributed by atoms with Gasteiger partial charge in [0.25, 0.3) is 5.91 Å². The van der Waals surface area contributed by atoms with E-state index >= 15 is 0 Å². The van der Waals surface area contributed by atoms with Crippen molar-refractivity contribution in [3.8, 4) is 0 Å². The van der Waals surface area contributed by atoms with E-state index in [1.807, 2.05) is 0 Å². The zero-order valence-corrected chi connectivity index (χ0v) is 13.2. The summed E-state index contributed by atoms with van der Waals surface area (Å²) in [6.07, 6.45) is 3.21. The van der Waals surface area contributed by atoms with Gasteiger partial charge >= 0.3 is 0 Å². The molecule has 0 aliphatic carbocycles. The van der Waals surface area contributed by atoms with Gasteiger partial charge in [0.15, 0.2) is 0 Å². The van der Waals surface area contributed by atoms with Crippen LogP contribution in [0.1, 0.15) is 34.9 Å². The number of thiazole rings is 1. The monoisotopic (exact) mass is 304 g/mol. The average Bonchev–Trinajstić information content (AvgIpc) is 2.98. The van der Waals surface area contributed by atoms with Crippen molar-refractivity contribution in [1.29, 1.82) is 0 Å². The first-order chi connectivity index (χ1) is 10.2. The first-order valence-electron chi connectivity index (χ1n) is 7.06. The van der Waals surface area contributed by atoms with Crippen LogP contribution in [0.5, 0.6) is 0 Å². The Morgan fingerprint density at radius 2 is 2.19 bits per heavy atom. The smallest absolute Gasteiger partial charge is 0.253 e. The molecule has 0 unspecified atom stereocenters. The van der Waals surface area contributed by atoms with Crippen molar-refractivity contribution in [3.63, 3.8) is 0 Å². The maximum atomic E-state index is 11.9. The Balaban J connectivity index is 1.87. The summed E-state index contributed by atoms with van der Waals surface area (Å²) >= 11 is 1.58. The fraction of sp³-hybridized carbons (Fsp3) is 0.400.